The van der Waals surface area contributed by atoms with Gasteiger partial charge in [0, 0.05) is 10.6 Å². The molecule has 0 aromatic heterocycles. The summed E-state index contributed by atoms with van der Waals surface area (Å²) in [5.74, 6) is -0.0880. The average Bonchev–Trinajstić information content (AvgIpc) is 1.88. The van der Waals surface area contributed by atoms with Crippen LogP contribution in [0.25, 0.3) is 0 Å². The molecule has 10 heavy (non-hydrogen) atoms. The first-order valence-electron chi connectivity index (χ1n) is 2.77. The van der Waals surface area contributed by atoms with Crippen molar-refractivity contribution in [3.63, 3.8) is 0 Å². The first-order valence-corrected chi connectivity index (χ1v) is 3.15. The van der Waals surface area contributed by atoms with E-state index in [0.29, 0.717) is 5.02 Å². The molecule has 0 unspecified atom stereocenters. The molecule has 0 fully saturated rings. The fourth-order valence-corrected chi connectivity index (χ4v) is 0.816. The lowest BCUT2D eigenvalue weighted by Gasteiger charge is -1.97. The Morgan fingerprint density at radius 2 is 2.20 bits per heavy atom. The molecule has 3 heteroatoms. The molecule has 54 valence electrons. The van der Waals surface area contributed by atoms with Crippen molar-refractivity contribution >= 4 is 11.6 Å². The number of hydrogen-bond acceptors (Lipinski definition) is 1. The Bertz CT molecular complexity index is 237. The van der Waals surface area contributed by atoms with Crippen LogP contribution in [0.3, 0.4) is 0 Å². The van der Waals surface area contributed by atoms with Crippen molar-refractivity contribution in [2.45, 2.75) is 6.67 Å². The summed E-state index contributed by atoms with van der Waals surface area (Å²) in [5, 5.41) is 9.38. The van der Waals surface area contributed by atoms with Crippen molar-refractivity contribution in [3.8, 4) is 5.75 Å². The van der Waals surface area contributed by atoms with Gasteiger partial charge in [0.1, 0.15) is 12.4 Å². The summed E-state index contributed by atoms with van der Waals surface area (Å²) >= 11 is 5.49. The first kappa shape index (κ1) is 7.35. The van der Waals surface area contributed by atoms with Gasteiger partial charge >= 0.3 is 0 Å². The molecule has 0 bridgehead atoms. The standard InChI is InChI=1S/C7H6ClFO/c8-6-2-1-5(4-9)7(10)3-6/h1-3,10H,4H2. The molecule has 0 aliphatic heterocycles. The summed E-state index contributed by atoms with van der Waals surface area (Å²) < 4.78 is 11.9. The van der Waals surface area contributed by atoms with Crippen molar-refractivity contribution in [2.24, 2.45) is 0 Å². The molecule has 0 atom stereocenters. The highest BCUT2D eigenvalue weighted by atomic mass is 35.5. The molecule has 1 aromatic rings. The van der Waals surface area contributed by atoms with Crippen LogP contribution in [0, 0.1) is 0 Å². The molecule has 0 amide bonds. The second kappa shape index (κ2) is 2.88. The van der Waals surface area contributed by atoms with Gasteiger partial charge in [-0.05, 0) is 12.1 Å². The lowest BCUT2D eigenvalue weighted by atomic mass is 10.2. The fraction of sp³-hybridized carbons (Fsp3) is 0.143. The number of rotatable bonds is 1. The van der Waals surface area contributed by atoms with E-state index in [2.05, 4.69) is 0 Å². The highest BCUT2D eigenvalue weighted by Gasteiger charge is 1.99. The maximum Gasteiger partial charge on any atom is 0.122 e. The number of halogens is 2. The second-order valence-electron chi connectivity index (χ2n) is 1.91. The maximum absolute atomic E-state index is 11.9. The molecule has 0 heterocycles. The number of hydrogen-bond donors (Lipinski definition) is 1. The van der Waals surface area contributed by atoms with E-state index >= 15 is 0 Å². The molecule has 0 aliphatic carbocycles. The molecular formula is C7H6ClFO. The van der Waals surface area contributed by atoms with Gasteiger partial charge in [-0.3, -0.25) is 0 Å². The van der Waals surface area contributed by atoms with E-state index in [1.807, 2.05) is 0 Å². The number of aromatic hydroxyl groups is 1. The van der Waals surface area contributed by atoms with Crippen LogP contribution >= 0.6 is 11.6 Å². The zero-order chi connectivity index (χ0) is 7.56. The summed E-state index contributed by atoms with van der Waals surface area (Å²) in [5.41, 5.74) is 0.268. The molecule has 1 rings (SSSR count). The van der Waals surface area contributed by atoms with Crippen LogP contribution in [0.5, 0.6) is 5.75 Å². The number of phenolic OH excluding ortho intramolecular Hbond substituents is 1. The Morgan fingerprint density at radius 3 is 2.70 bits per heavy atom. The van der Waals surface area contributed by atoms with E-state index < -0.39 is 6.67 Å². The molecule has 1 N–H and O–H groups in total. The predicted octanol–water partition coefficient (Wildman–Crippen LogP) is 2.52. The van der Waals surface area contributed by atoms with E-state index in [1.165, 1.54) is 18.2 Å². The molecule has 1 aromatic carbocycles. The molecule has 0 saturated heterocycles. The Balaban J connectivity index is 3.07. The largest absolute Gasteiger partial charge is 0.508 e. The number of alkyl halides is 1. The Morgan fingerprint density at radius 1 is 1.50 bits per heavy atom. The quantitative estimate of drug-likeness (QED) is 0.669. The summed E-state index contributed by atoms with van der Waals surface area (Å²) in [6.45, 7) is -0.664. The molecular weight excluding hydrogens is 155 g/mol. The van der Waals surface area contributed by atoms with E-state index in [-0.39, 0.29) is 11.3 Å². The second-order valence-corrected chi connectivity index (χ2v) is 2.34. The first-order chi connectivity index (χ1) is 4.74. The monoisotopic (exact) mass is 160 g/mol. The van der Waals surface area contributed by atoms with Gasteiger partial charge in [-0.2, -0.15) is 0 Å². The summed E-state index contributed by atoms with van der Waals surface area (Å²) in [6, 6.07) is 4.31. The summed E-state index contributed by atoms with van der Waals surface area (Å²) in [4.78, 5) is 0. The van der Waals surface area contributed by atoms with Gasteiger partial charge < -0.3 is 5.11 Å². The van der Waals surface area contributed by atoms with Crippen LogP contribution in [-0.2, 0) is 6.67 Å². The lowest BCUT2D eigenvalue weighted by Crippen LogP contribution is -1.78. The third-order valence-corrected chi connectivity index (χ3v) is 1.43. The number of phenols is 1. The van der Waals surface area contributed by atoms with Gasteiger partial charge in [0.25, 0.3) is 0 Å². The predicted molar refractivity (Wildman–Crippen MR) is 37.9 cm³/mol. The minimum atomic E-state index is -0.664. The highest BCUT2D eigenvalue weighted by molar-refractivity contribution is 6.30. The van der Waals surface area contributed by atoms with E-state index in [4.69, 9.17) is 16.7 Å². The molecule has 0 radical (unpaired) electrons. The fourth-order valence-electron chi connectivity index (χ4n) is 0.650. The van der Waals surface area contributed by atoms with E-state index in [0.717, 1.165) is 0 Å². The lowest BCUT2D eigenvalue weighted by molar-refractivity contribution is 0.433. The zero-order valence-corrected chi connectivity index (χ0v) is 5.90. The van der Waals surface area contributed by atoms with Crippen molar-refractivity contribution in [1.82, 2.24) is 0 Å². The smallest absolute Gasteiger partial charge is 0.122 e. The summed E-state index contributed by atoms with van der Waals surface area (Å²) in [6.07, 6.45) is 0. The third-order valence-electron chi connectivity index (χ3n) is 1.19. The third kappa shape index (κ3) is 1.39. The van der Waals surface area contributed by atoms with E-state index in [9.17, 15) is 4.39 Å². The zero-order valence-electron chi connectivity index (χ0n) is 5.14. The van der Waals surface area contributed by atoms with Crippen LogP contribution in [0.15, 0.2) is 18.2 Å². The van der Waals surface area contributed by atoms with Crippen LogP contribution in [-0.4, -0.2) is 5.11 Å². The topological polar surface area (TPSA) is 20.2 Å². The van der Waals surface area contributed by atoms with Gasteiger partial charge in [-0.1, -0.05) is 17.7 Å². The van der Waals surface area contributed by atoms with E-state index in [1.54, 1.807) is 0 Å². The summed E-state index contributed by atoms with van der Waals surface area (Å²) in [7, 11) is 0. The Kier molecular flexibility index (Phi) is 2.12. The van der Waals surface area contributed by atoms with Crippen LogP contribution in [0.1, 0.15) is 5.56 Å². The molecule has 0 saturated carbocycles. The minimum Gasteiger partial charge on any atom is -0.508 e. The van der Waals surface area contributed by atoms with Gasteiger partial charge in [0.15, 0.2) is 0 Å². The van der Waals surface area contributed by atoms with Crippen LogP contribution in [0.4, 0.5) is 4.39 Å². The van der Waals surface area contributed by atoms with Crippen molar-refractivity contribution < 1.29 is 9.50 Å². The number of benzene rings is 1. The van der Waals surface area contributed by atoms with Gasteiger partial charge in [-0.15, -0.1) is 0 Å². The molecule has 1 nitrogen and oxygen atoms in total. The van der Waals surface area contributed by atoms with Crippen molar-refractivity contribution in [1.29, 1.82) is 0 Å². The maximum atomic E-state index is 11.9. The average molecular weight is 161 g/mol. The van der Waals surface area contributed by atoms with Crippen LogP contribution < -0.4 is 0 Å². The molecule has 0 spiro atoms. The Labute approximate surface area is 63.1 Å². The molecule has 0 aliphatic rings. The van der Waals surface area contributed by atoms with Gasteiger partial charge in [0.05, 0.1) is 0 Å². The Hall–Kier alpha value is -0.760. The highest BCUT2D eigenvalue weighted by Crippen LogP contribution is 2.22. The van der Waals surface area contributed by atoms with Crippen molar-refractivity contribution in [3.05, 3.63) is 28.8 Å². The van der Waals surface area contributed by atoms with Gasteiger partial charge in [-0.25, -0.2) is 4.39 Å². The van der Waals surface area contributed by atoms with Gasteiger partial charge in [0.2, 0.25) is 0 Å². The SMILES string of the molecule is Oc1cc(Cl)ccc1CF. The van der Waals surface area contributed by atoms with Crippen LogP contribution in [0.2, 0.25) is 5.02 Å². The van der Waals surface area contributed by atoms with Crippen molar-refractivity contribution in [2.75, 3.05) is 0 Å². The normalized spacial score (nSPS) is 9.80. The minimum absolute atomic E-state index is 0.0880.